The van der Waals surface area contributed by atoms with E-state index in [0.717, 1.165) is 27.5 Å². The molecule has 0 spiro atoms. The van der Waals surface area contributed by atoms with Crippen LogP contribution in [0.3, 0.4) is 0 Å². The highest BCUT2D eigenvalue weighted by atomic mass is 32.1. The normalized spacial score (nSPS) is 13.2. The first-order valence-corrected chi connectivity index (χ1v) is 8.48. The van der Waals surface area contributed by atoms with Gasteiger partial charge in [0.05, 0.1) is 10.2 Å². The molecule has 0 saturated carbocycles. The van der Waals surface area contributed by atoms with Crippen molar-refractivity contribution in [2.45, 2.75) is 19.9 Å². The predicted molar refractivity (Wildman–Crippen MR) is 93.2 cm³/mol. The van der Waals surface area contributed by atoms with E-state index in [-0.39, 0.29) is 15.0 Å². The molecule has 0 fully saturated rings. The summed E-state index contributed by atoms with van der Waals surface area (Å²) in [5.41, 5.74) is 1.32. The van der Waals surface area contributed by atoms with Crippen molar-refractivity contribution in [1.29, 1.82) is 0 Å². The lowest BCUT2D eigenvalue weighted by atomic mass is 10.1. The zero-order chi connectivity index (χ0) is 19.0. The molecule has 0 aliphatic carbocycles. The summed E-state index contributed by atoms with van der Waals surface area (Å²) in [6, 6.07) is 7.27. The van der Waals surface area contributed by atoms with Crippen molar-refractivity contribution in [3.8, 4) is 0 Å². The first-order valence-electron chi connectivity index (χ1n) is 7.66. The van der Waals surface area contributed by atoms with Crippen molar-refractivity contribution in [3.63, 3.8) is 0 Å². The molecule has 3 aromatic rings. The Bertz CT molecular complexity index is 1080. The Morgan fingerprint density at radius 2 is 1.85 bits per heavy atom. The number of carboxylic acids is 1. The number of carbonyl (C=O) groups excluding carboxylic acids is 1. The SMILES string of the molecule is Cc1ccc(C(=O)N=c2sc3c(F)cc(F)cc3n2C(C)C(=O)O)cc1. The average Bonchev–Trinajstić information content (AvgIpc) is 2.92. The van der Waals surface area contributed by atoms with Gasteiger partial charge < -0.3 is 9.67 Å². The molecule has 3 rings (SSSR count). The predicted octanol–water partition coefficient (Wildman–Crippen LogP) is 3.68. The van der Waals surface area contributed by atoms with E-state index in [0.29, 0.717) is 11.6 Å². The molecule has 0 aliphatic heterocycles. The molecular weight excluding hydrogens is 362 g/mol. The van der Waals surface area contributed by atoms with E-state index in [2.05, 4.69) is 4.99 Å². The second kappa shape index (κ2) is 6.80. The molecule has 0 saturated heterocycles. The van der Waals surface area contributed by atoms with Gasteiger partial charge in [0.15, 0.2) is 4.80 Å². The third-order valence-electron chi connectivity index (χ3n) is 3.89. The third-order valence-corrected chi connectivity index (χ3v) is 4.97. The van der Waals surface area contributed by atoms with Crippen molar-refractivity contribution in [1.82, 2.24) is 4.57 Å². The van der Waals surface area contributed by atoms with Crippen LogP contribution in [0, 0.1) is 18.6 Å². The zero-order valence-electron chi connectivity index (χ0n) is 13.9. The standard InChI is InChI=1S/C18H14F2N2O3S/c1-9-3-5-11(6-4-9)16(23)21-18-22(10(2)17(24)25)14-8-12(19)7-13(20)15(14)26-18/h3-8,10H,1-2H3,(H,24,25). The first-order chi connectivity index (χ1) is 12.3. The number of thiazole rings is 1. The summed E-state index contributed by atoms with van der Waals surface area (Å²) in [6.45, 7) is 3.23. The van der Waals surface area contributed by atoms with Crippen LogP contribution in [-0.2, 0) is 4.79 Å². The number of nitrogens with zero attached hydrogens (tertiary/aromatic N) is 2. The van der Waals surface area contributed by atoms with Gasteiger partial charge in [-0.1, -0.05) is 29.0 Å². The van der Waals surface area contributed by atoms with Gasteiger partial charge in [-0.05, 0) is 32.0 Å². The zero-order valence-corrected chi connectivity index (χ0v) is 14.7. The van der Waals surface area contributed by atoms with Gasteiger partial charge >= 0.3 is 5.97 Å². The molecule has 26 heavy (non-hydrogen) atoms. The maximum atomic E-state index is 14.1. The second-order valence-corrected chi connectivity index (χ2v) is 6.77. The monoisotopic (exact) mass is 376 g/mol. The number of carboxylic acid groups (broad SMARTS) is 1. The minimum absolute atomic E-state index is 0.00928. The summed E-state index contributed by atoms with van der Waals surface area (Å²) in [6.07, 6.45) is 0. The molecule has 134 valence electrons. The van der Waals surface area contributed by atoms with E-state index >= 15 is 0 Å². The molecule has 1 amide bonds. The Labute approximate surface area is 150 Å². The number of hydrogen-bond donors (Lipinski definition) is 1. The van der Waals surface area contributed by atoms with Gasteiger partial charge in [0.25, 0.3) is 5.91 Å². The molecule has 1 atom stereocenters. The number of rotatable bonds is 3. The number of halogens is 2. The summed E-state index contributed by atoms with van der Waals surface area (Å²) in [4.78, 5) is 27.8. The minimum atomic E-state index is -1.21. The largest absolute Gasteiger partial charge is 0.480 e. The highest BCUT2D eigenvalue weighted by Gasteiger charge is 2.21. The summed E-state index contributed by atoms with van der Waals surface area (Å²) in [5.74, 6) is -3.47. The van der Waals surface area contributed by atoms with Crippen LogP contribution in [0.5, 0.6) is 0 Å². The molecule has 0 radical (unpaired) electrons. The molecule has 8 heteroatoms. The van der Waals surface area contributed by atoms with E-state index in [4.69, 9.17) is 0 Å². The number of fused-ring (bicyclic) bond motifs is 1. The Balaban J connectivity index is 2.25. The van der Waals surface area contributed by atoms with Crippen molar-refractivity contribution < 1.29 is 23.5 Å². The van der Waals surface area contributed by atoms with Crippen LogP contribution in [0.1, 0.15) is 28.9 Å². The number of aliphatic carboxylic acids is 1. The minimum Gasteiger partial charge on any atom is -0.480 e. The number of hydrogen-bond acceptors (Lipinski definition) is 3. The van der Waals surface area contributed by atoms with Crippen LogP contribution in [0.25, 0.3) is 10.2 Å². The number of benzene rings is 2. The van der Waals surface area contributed by atoms with Gasteiger partial charge in [0.2, 0.25) is 0 Å². The van der Waals surface area contributed by atoms with E-state index in [1.165, 1.54) is 6.92 Å². The van der Waals surface area contributed by atoms with Crippen LogP contribution in [-0.4, -0.2) is 21.6 Å². The van der Waals surface area contributed by atoms with Crippen LogP contribution < -0.4 is 4.80 Å². The van der Waals surface area contributed by atoms with E-state index in [1.807, 2.05) is 6.92 Å². The van der Waals surface area contributed by atoms with E-state index in [1.54, 1.807) is 24.3 Å². The Morgan fingerprint density at radius 3 is 2.46 bits per heavy atom. The fourth-order valence-electron chi connectivity index (χ4n) is 2.48. The highest BCUT2D eigenvalue weighted by Crippen LogP contribution is 2.25. The van der Waals surface area contributed by atoms with E-state index in [9.17, 15) is 23.5 Å². The molecule has 0 aliphatic rings. The van der Waals surface area contributed by atoms with Crippen LogP contribution >= 0.6 is 11.3 Å². The smallest absolute Gasteiger partial charge is 0.326 e. The maximum absolute atomic E-state index is 14.1. The van der Waals surface area contributed by atoms with Crippen molar-refractivity contribution in [2.75, 3.05) is 0 Å². The van der Waals surface area contributed by atoms with Crippen molar-refractivity contribution in [2.24, 2.45) is 4.99 Å². The van der Waals surface area contributed by atoms with Gasteiger partial charge in [-0.15, -0.1) is 0 Å². The van der Waals surface area contributed by atoms with Crippen LogP contribution in [0.4, 0.5) is 8.78 Å². The molecule has 2 aromatic carbocycles. The molecular formula is C18H14F2N2O3S. The van der Waals surface area contributed by atoms with Gasteiger partial charge in [-0.25, -0.2) is 13.6 Å². The van der Waals surface area contributed by atoms with Gasteiger partial charge in [0, 0.05) is 11.6 Å². The topological polar surface area (TPSA) is 71.7 Å². The van der Waals surface area contributed by atoms with Gasteiger partial charge in [-0.3, -0.25) is 4.79 Å². The number of carbonyl (C=O) groups is 2. The quantitative estimate of drug-likeness (QED) is 0.758. The summed E-state index contributed by atoms with van der Waals surface area (Å²) < 4.78 is 28.9. The molecule has 1 N–H and O–H groups in total. The fourth-order valence-corrected chi connectivity index (χ4v) is 3.56. The molecule has 1 heterocycles. The maximum Gasteiger partial charge on any atom is 0.326 e. The molecule has 1 aromatic heterocycles. The molecule has 1 unspecified atom stereocenters. The Hall–Kier alpha value is -2.87. The lowest BCUT2D eigenvalue weighted by molar-refractivity contribution is -0.140. The van der Waals surface area contributed by atoms with Gasteiger partial charge in [-0.2, -0.15) is 4.99 Å². The Morgan fingerprint density at radius 1 is 1.19 bits per heavy atom. The number of aryl methyl sites for hydroxylation is 1. The Kier molecular flexibility index (Phi) is 4.69. The van der Waals surface area contributed by atoms with E-state index < -0.39 is 29.6 Å². The van der Waals surface area contributed by atoms with Crippen molar-refractivity contribution >= 4 is 33.4 Å². The highest BCUT2D eigenvalue weighted by molar-refractivity contribution is 7.16. The summed E-state index contributed by atoms with van der Waals surface area (Å²) in [7, 11) is 0. The second-order valence-electron chi connectivity index (χ2n) is 5.79. The summed E-state index contributed by atoms with van der Waals surface area (Å²) in [5, 5.41) is 9.33. The fraction of sp³-hybridized carbons (Fsp3) is 0.167. The van der Waals surface area contributed by atoms with Crippen LogP contribution in [0.15, 0.2) is 41.4 Å². The average molecular weight is 376 g/mol. The number of aromatic nitrogens is 1. The van der Waals surface area contributed by atoms with Crippen LogP contribution in [0.2, 0.25) is 0 Å². The van der Waals surface area contributed by atoms with Gasteiger partial charge in [0.1, 0.15) is 17.7 Å². The molecule has 5 nitrogen and oxygen atoms in total. The summed E-state index contributed by atoms with van der Waals surface area (Å²) >= 11 is 0.802. The lowest BCUT2D eigenvalue weighted by Crippen LogP contribution is -2.25. The molecule has 0 bridgehead atoms. The third kappa shape index (κ3) is 3.28. The number of amides is 1. The lowest BCUT2D eigenvalue weighted by Gasteiger charge is -2.10. The first kappa shape index (κ1) is 17.9. The van der Waals surface area contributed by atoms with Crippen molar-refractivity contribution in [3.05, 3.63) is 64.0 Å².